The summed E-state index contributed by atoms with van der Waals surface area (Å²) in [5, 5.41) is 3.91. The van der Waals surface area contributed by atoms with Crippen molar-refractivity contribution in [1.29, 1.82) is 0 Å². The Labute approximate surface area is 77.0 Å². The molecule has 3 heteroatoms. The molecule has 0 heterocycles. The van der Waals surface area contributed by atoms with Crippen LogP contribution in [0, 0.1) is 0 Å². The summed E-state index contributed by atoms with van der Waals surface area (Å²) in [5.41, 5.74) is 9.41. The molecule has 66 valence electrons. The Hall–Kier alpha value is -1.47. The second kappa shape index (κ2) is 3.11. The van der Waals surface area contributed by atoms with Gasteiger partial charge in [0.1, 0.15) is 0 Å². The number of hydrogen-bond acceptors (Lipinski definition) is 1. The summed E-state index contributed by atoms with van der Waals surface area (Å²) in [5.74, 6) is 0. The van der Waals surface area contributed by atoms with Gasteiger partial charge in [-0.25, -0.2) is 0 Å². The van der Waals surface area contributed by atoms with Crippen LogP contribution in [0.2, 0.25) is 0 Å². The van der Waals surface area contributed by atoms with Crippen molar-refractivity contribution >= 4 is 0 Å². The number of nitrogens with zero attached hydrogens (tertiary/aromatic N) is 3. The molecule has 0 aliphatic heterocycles. The predicted molar refractivity (Wildman–Crippen MR) is 51.1 cm³/mol. The van der Waals surface area contributed by atoms with Gasteiger partial charge in [0.05, 0.1) is 5.54 Å². The number of benzene rings is 1. The quantitative estimate of drug-likeness (QED) is 0.374. The van der Waals surface area contributed by atoms with Crippen molar-refractivity contribution in [2.45, 2.75) is 24.8 Å². The van der Waals surface area contributed by atoms with Crippen LogP contribution in [0.1, 0.15) is 24.8 Å². The Bertz CT molecular complexity index is 334. The van der Waals surface area contributed by atoms with Crippen LogP contribution in [0.5, 0.6) is 0 Å². The highest BCUT2D eigenvalue weighted by atomic mass is 15.2. The lowest BCUT2D eigenvalue weighted by atomic mass is 9.73. The summed E-state index contributed by atoms with van der Waals surface area (Å²) in [7, 11) is 0. The lowest BCUT2D eigenvalue weighted by Gasteiger charge is -2.37. The van der Waals surface area contributed by atoms with Crippen molar-refractivity contribution < 1.29 is 0 Å². The van der Waals surface area contributed by atoms with Crippen molar-refractivity contribution in [2.24, 2.45) is 5.11 Å². The minimum atomic E-state index is -0.226. The molecule has 0 radical (unpaired) electrons. The van der Waals surface area contributed by atoms with Crippen LogP contribution in [0.3, 0.4) is 0 Å². The Morgan fingerprint density at radius 1 is 1.23 bits per heavy atom. The summed E-state index contributed by atoms with van der Waals surface area (Å²) < 4.78 is 0. The van der Waals surface area contributed by atoms with E-state index in [9.17, 15) is 0 Å². The van der Waals surface area contributed by atoms with Crippen LogP contribution < -0.4 is 0 Å². The van der Waals surface area contributed by atoms with Crippen LogP contribution in [0.25, 0.3) is 10.4 Å². The van der Waals surface area contributed by atoms with E-state index in [4.69, 9.17) is 5.53 Å². The molecule has 0 aromatic heterocycles. The zero-order chi connectivity index (χ0) is 9.15. The summed E-state index contributed by atoms with van der Waals surface area (Å²) in [6.45, 7) is 0. The van der Waals surface area contributed by atoms with E-state index in [0.29, 0.717) is 0 Å². The molecule has 1 saturated carbocycles. The Kier molecular flexibility index (Phi) is 1.95. The molecule has 0 unspecified atom stereocenters. The van der Waals surface area contributed by atoms with Gasteiger partial charge in [-0.05, 0) is 23.9 Å². The highest BCUT2D eigenvalue weighted by molar-refractivity contribution is 5.27. The zero-order valence-electron chi connectivity index (χ0n) is 7.35. The Balaban J connectivity index is 2.37. The summed E-state index contributed by atoms with van der Waals surface area (Å²) in [6, 6.07) is 10.0. The molecule has 0 spiro atoms. The first-order chi connectivity index (χ1) is 6.37. The molecule has 0 saturated heterocycles. The second-order valence-electron chi connectivity index (χ2n) is 3.44. The van der Waals surface area contributed by atoms with Crippen molar-refractivity contribution in [1.82, 2.24) is 0 Å². The molecule has 1 aliphatic carbocycles. The number of rotatable bonds is 2. The first-order valence-corrected chi connectivity index (χ1v) is 4.49. The highest BCUT2D eigenvalue weighted by Gasteiger charge is 2.37. The van der Waals surface area contributed by atoms with Gasteiger partial charge in [0.25, 0.3) is 0 Å². The first kappa shape index (κ1) is 8.14. The maximum absolute atomic E-state index is 8.49. The summed E-state index contributed by atoms with van der Waals surface area (Å²) in [4.78, 5) is 2.93. The minimum Gasteiger partial charge on any atom is -0.0826 e. The fraction of sp³-hybridized carbons (Fsp3) is 0.400. The van der Waals surface area contributed by atoms with Crippen LogP contribution >= 0.6 is 0 Å². The fourth-order valence-electron chi connectivity index (χ4n) is 1.79. The van der Waals surface area contributed by atoms with Gasteiger partial charge in [0.2, 0.25) is 0 Å². The van der Waals surface area contributed by atoms with Crippen molar-refractivity contribution in [3.63, 3.8) is 0 Å². The first-order valence-electron chi connectivity index (χ1n) is 4.49. The van der Waals surface area contributed by atoms with E-state index in [-0.39, 0.29) is 5.54 Å². The van der Waals surface area contributed by atoms with Crippen LogP contribution in [0.15, 0.2) is 35.4 Å². The third kappa shape index (κ3) is 1.27. The van der Waals surface area contributed by atoms with Gasteiger partial charge in [-0.1, -0.05) is 41.9 Å². The average Bonchev–Trinajstić information content (AvgIpc) is 2.13. The number of hydrogen-bond donors (Lipinski definition) is 0. The molecule has 0 bridgehead atoms. The van der Waals surface area contributed by atoms with Crippen molar-refractivity contribution in [2.75, 3.05) is 0 Å². The van der Waals surface area contributed by atoms with E-state index in [1.165, 1.54) is 0 Å². The third-order valence-electron chi connectivity index (χ3n) is 2.73. The minimum absolute atomic E-state index is 0.226. The summed E-state index contributed by atoms with van der Waals surface area (Å²) in [6.07, 6.45) is 3.13. The molecule has 2 rings (SSSR count). The molecule has 0 amide bonds. The van der Waals surface area contributed by atoms with Gasteiger partial charge in [-0.2, -0.15) is 0 Å². The molecule has 1 aliphatic rings. The smallest absolute Gasteiger partial charge is 0.0738 e. The zero-order valence-corrected chi connectivity index (χ0v) is 7.35. The van der Waals surface area contributed by atoms with Crippen LogP contribution in [0.4, 0.5) is 0 Å². The molecule has 13 heavy (non-hydrogen) atoms. The Morgan fingerprint density at radius 2 is 1.92 bits per heavy atom. The van der Waals surface area contributed by atoms with E-state index in [2.05, 4.69) is 10.0 Å². The van der Waals surface area contributed by atoms with E-state index >= 15 is 0 Å². The van der Waals surface area contributed by atoms with Gasteiger partial charge in [-0.15, -0.1) is 0 Å². The van der Waals surface area contributed by atoms with Gasteiger partial charge in [0.15, 0.2) is 0 Å². The van der Waals surface area contributed by atoms with Gasteiger partial charge in [0, 0.05) is 4.91 Å². The predicted octanol–water partition coefficient (Wildman–Crippen LogP) is 3.38. The molecule has 1 fully saturated rings. The average molecular weight is 173 g/mol. The monoisotopic (exact) mass is 173 g/mol. The standard InChI is InChI=1S/C10H11N3/c11-13-12-10(7-4-8-10)9-5-2-1-3-6-9/h1-3,5-6H,4,7-8H2. The van der Waals surface area contributed by atoms with Crippen molar-refractivity contribution in [3.8, 4) is 0 Å². The number of azide groups is 1. The third-order valence-corrected chi connectivity index (χ3v) is 2.73. The van der Waals surface area contributed by atoms with E-state index in [0.717, 1.165) is 24.8 Å². The van der Waals surface area contributed by atoms with E-state index < -0.39 is 0 Å². The topological polar surface area (TPSA) is 48.8 Å². The van der Waals surface area contributed by atoms with E-state index in [1.54, 1.807) is 0 Å². The largest absolute Gasteiger partial charge is 0.0826 e. The maximum atomic E-state index is 8.49. The second-order valence-corrected chi connectivity index (χ2v) is 3.44. The molecule has 1 aromatic rings. The highest BCUT2D eigenvalue weighted by Crippen LogP contribution is 2.44. The molecular formula is C10H11N3. The Morgan fingerprint density at radius 3 is 2.38 bits per heavy atom. The van der Waals surface area contributed by atoms with E-state index in [1.807, 2.05) is 30.3 Å². The molecule has 0 N–H and O–H groups in total. The maximum Gasteiger partial charge on any atom is 0.0738 e. The molecular weight excluding hydrogens is 162 g/mol. The lowest BCUT2D eigenvalue weighted by molar-refractivity contribution is 0.253. The lowest BCUT2D eigenvalue weighted by Crippen LogP contribution is -2.31. The normalized spacial score (nSPS) is 18.5. The van der Waals surface area contributed by atoms with Crippen LogP contribution in [-0.2, 0) is 5.54 Å². The summed E-state index contributed by atoms with van der Waals surface area (Å²) >= 11 is 0. The van der Waals surface area contributed by atoms with Crippen molar-refractivity contribution in [3.05, 3.63) is 46.3 Å². The molecule has 1 aromatic carbocycles. The van der Waals surface area contributed by atoms with Gasteiger partial charge >= 0.3 is 0 Å². The molecule has 0 atom stereocenters. The SMILES string of the molecule is [N-]=[N+]=NC1(c2ccccc2)CCC1. The van der Waals surface area contributed by atoms with Crippen LogP contribution in [-0.4, -0.2) is 0 Å². The molecule has 3 nitrogen and oxygen atoms in total. The van der Waals surface area contributed by atoms with Gasteiger partial charge < -0.3 is 0 Å². The van der Waals surface area contributed by atoms with Gasteiger partial charge in [-0.3, -0.25) is 0 Å². The fourth-order valence-corrected chi connectivity index (χ4v) is 1.79.